The molecule has 0 fully saturated rings. The number of benzene rings is 4. The van der Waals surface area contributed by atoms with Crippen LogP contribution in [-0.4, -0.2) is 74.6 Å². The molecule has 0 radical (unpaired) electrons. The van der Waals surface area contributed by atoms with E-state index in [9.17, 15) is 54.1 Å². The normalized spacial score (nSPS) is 15.9. The predicted octanol–water partition coefficient (Wildman–Crippen LogP) is 7.33. The van der Waals surface area contributed by atoms with Crippen LogP contribution in [0.1, 0.15) is 11.1 Å². The summed E-state index contributed by atoms with van der Waals surface area (Å²) in [5.74, 6) is -0.517. The zero-order valence-electron chi connectivity index (χ0n) is 31.3. The van der Waals surface area contributed by atoms with Gasteiger partial charge in [-0.15, -0.1) is 5.11 Å². The number of aliphatic hydroxyl groups excluding tert-OH is 1. The van der Waals surface area contributed by atoms with Crippen LogP contribution in [0.15, 0.2) is 155 Å². The van der Waals surface area contributed by atoms with E-state index in [0.717, 1.165) is 36.4 Å². The van der Waals surface area contributed by atoms with E-state index >= 15 is 0 Å². The molecule has 0 saturated heterocycles. The number of methoxy groups -OCH3 is 2. The fraction of sp³-hybridized carbons (Fsp3) is 0.0526. The number of nitrogens with zero attached hydrogens (tertiary/aromatic N) is 5. The van der Waals surface area contributed by atoms with Crippen LogP contribution >= 0.6 is 0 Å². The summed E-state index contributed by atoms with van der Waals surface area (Å²) < 4.78 is 114. The van der Waals surface area contributed by atoms with Crippen molar-refractivity contribution in [2.45, 2.75) is 9.79 Å². The van der Waals surface area contributed by atoms with E-state index in [1.54, 1.807) is 30.3 Å². The molecule has 2 aliphatic rings. The summed E-state index contributed by atoms with van der Waals surface area (Å²) in [4.78, 5) is 12.5. The highest BCUT2D eigenvalue weighted by molar-refractivity contribution is 7.91. The number of non-ortho nitro benzene ring substituents is 1. The fourth-order valence-corrected chi connectivity index (χ4v) is 7.83. The van der Waals surface area contributed by atoms with Gasteiger partial charge in [-0.1, -0.05) is 36.4 Å². The Morgan fingerprint density at radius 2 is 1.36 bits per heavy atom. The van der Waals surface area contributed by atoms with E-state index in [1.165, 1.54) is 50.6 Å². The molecule has 5 N–H and O–H groups in total. The number of hydrogen-bond donors (Lipinski definition) is 5. The van der Waals surface area contributed by atoms with Gasteiger partial charge in [0.15, 0.2) is 5.76 Å². The van der Waals surface area contributed by atoms with Crippen molar-refractivity contribution < 1.29 is 58.4 Å². The van der Waals surface area contributed by atoms with Crippen molar-refractivity contribution in [2.24, 2.45) is 20.3 Å². The van der Waals surface area contributed by atoms with Crippen molar-refractivity contribution in [3.8, 4) is 11.5 Å². The Morgan fingerprint density at radius 3 is 1.97 bits per heavy atom. The highest BCUT2D eigenvalue weighted by Gasteiger charge is 2.32. The molecular formula is C38H30N6O14S3. The third-order valence-electron chi connectivity index (χ3n) is 8.59. The monoisotopic (exact) mass is 890 g/mol. The highest BCUT2D eigenvalue weighted by Crippen LogP contribution is 2.40. The molecule has 0 bridgehead atoms. The highest BCUT2D eigenvalue weighted by atomic mass is 32.2. The molecule has 6 rings (SSSR count). The molecule has 2 aliphatic carbocycles. The van der Waals surface area contributed by atoms with Gasteiger partial charge in [0.1, 0.15) is 43.3 Å². The van der Waals surface area contributed by atoms with Crippen LogP contribution in [0.2, 0.25) is 0 Å². The summed E-state index contributed by atoms with van der Waals surface area (Å²) in [5, 5.41) is 34.6. The molecule has 0 aliphatic heterocycles. The van der Waals surface area contributed by atoms with E-state index in [-0.39, 0.29) is 50.8 Å². The Hall–Kier alpha value is -7.15. The summed E-state index contributed by atoms with van der Waals surface area (Å²) in [6.07, 6.45) is 7.91. The molecule has 4 aromatic carbocycles. The number of para-hydroxylation sites is 1. The number of fused-ring (bicyclic) bond motifs is 1. The Balaban J connectivity index is 1.30. The molecule has 0 spiro atoms. The fourth-order valence-electron chi connectivity index (χ4n) is 5.76. The lowest BCUT2D eigenvalue weighted by molar-refractivity contribution is -0.385. The van der Waals surface area contributed by atoms with Gasteiger partial charge in [-0.05, 0) is 71.3 Å². The second kappa shape index (κ2) is 17.2. The first-order valence-corrected chi connectivity index (χ1v) is 21.3. The summed E-state index contributed by atoms with van der Waals surface area (Å²) in [7, 11) is -12.3. The minimum Gasteiger partial charge on any atom is -0.505 e. The molecule has 20 nitrogen and oxygen atoms in total. The topological polar surface area (TPSA) is 306 Å². The van der Waals surface area contributed by atoms with Crippen LogP contribution < -0.4 is 14.9 Å². The number of aliphatic hydroxyl groups is 1. The quantitative estimate of drug-likeness (QED) is 0.0289. The Bertz CT molecular complexity index is 3080. The number of nitro benzene ring substituents is 1. The molecule has 0 atom stereocenters. The summed E-state index contributed by atoms with van der Waals surface area (Å²) in [6, 6.07) is 17.6. The third-order valence-corrected chi connectivity index (χ3v) is 11.3. The number of anilines is 1. The molecular weight excluding hydrogens is 861 g/mol. The number of hydrogen-bond acceptors (Lipinski definition) is 16. The molecule has 0 amide bonds. The number of hydrazone groups is 1. The number of aliphatic imine (C=N–C) groups is 1. The van der Waals surface area contributed by atoms with Crippen molar-refractivity contribution >= 4 is 82.4 Å². The van der Waals surface area contributed by atoms with Crippen molar-refractivity contribution in [1.82, 2.24) is 0 Å². The lowest BCUT2D eigenvalue weighted by Crippen LogP contribution is -2.22. The minimum absolute atomic E-state index is 0.0158. The van der Waals surface area contributed by atoms with E-state index in [1.807, 2.05) is 6.07 Å². The summed E-state index contributed by atoms with van der Waals surface area (Å²) in [6.45, 7) is 0. The number of allylic oxidation sites excluding steroid dienone is 7. The number of rotatable bonds is 13. The maximum atomic E-state index is 12.5. The average molecular weight is 891 g/mol. The van der Waals surface area contributed by atoms with E-state index < -0.39 is 67.1 Å². The Morgan fingerprint density at radius 1 is 0.721 bits per heavy atom. The molecule has 4 aromatic rings. The van der Waals surface area contributed by atoms with Crippen molar-refractivity contribution in [2.75, 3.05) is 19.6 Å². The van der Waals surface area contributed by atoms with Crippen LogP contribution in [-0.2, 0) is 30.4 Å². The van der Waals surface area contributed by atoms with Gasteiger partial charge in [-0.3, -0.25) is 29.2 Å². The van der Waals surface area contributed by atoms with Crippen LogP contribution in [0.5, 0.6) is 11.5 Å². The van der Waals surface area contributed by atoms with E-state index in [2.05, 4.69) is 25.7 Å². The van der Waals surface area contributed by atoms with Crippen molar-refractivity contribution in [1.29, 1.82) is 0 Å². The van der Waals surface area contributed by atoms with Gasteiger partial charge in [-0.25, -0.2) is 4.99 Å². The molecule has 23 heteroatoms. The Labute approximate surface area is 347 Å². The maximum Gasteiger partial charge on any atom is 0.296 e. The van der Waals surface area contributed by atoms with Gasteiger partial charge in [0, 0.05) is 29.8 Å². The standard InChI is InChI=1S/C38H30N6O14S3/c1-57-32-21-31(42-43-37-36(61(54,55)56)17-24-16-26(13-15-29(24)38(37)45)39-25-6-4-3-5-7-25)33(58-2)20-30(32)41-40-27-12-10-22(34(18-27)59(48,49)50)8-9-23-11-14-28(44(46)47)19-35(23)60(51,52)53/h3-21,42,45H,1-2H3,(H,48,49,50)(H,51,52,53)(H,54,55,56)/b9-8+,39-26?,41-40?,43-37?. The van der Waals surface area contributed by atoms with E-state index in [0.29, 0.717) is 17.5 Å². The molecule has 314 valence electrons. The van der Waals surface area contributed by atoms with Crippen LogP contribution in [0.4, 0.5) is 28.4 Å². The molecule has 0 aromatic heterocycles. The first-order valence-electron chi connectivity index (χ1n) is 17.0. The van der Waals surface area contributed by atoms with Gasteiger partial charge in [0.05, 0.1) is 36.2 Å². The second-order valence-corrected chi connectivity index (χ2v) is 16.7. The van der Waals surface area contributed by atoms with Crippen molar-refractivity contribution in [3.63, 3.8) is 0 Å². The summed E-state index contributed by atoms with van der Waals surface area (Å²) in [5.41, 5.74) is 2.51. The third kappa shape index (κ3) is 10.0. The summed E-state index contributed by atoms with van der Waals surface area (Å²) >= 11 is 0. The largest absolute Gasteiger partial charge is 0.505 e. The van der Waals surface area contributed by atoms with Crippen LogP contribution in [0.3, 0.4) is 0 Å². The molecule has 61 heavy (non-hydrogen) atoms. The van der Waals surface area contributed by atoms with Gasteiger partial charge < -0.3 is 14.6 Å². The van der Waals surface area contributed by atoms with Gasteiger partial charge in [-0.2, -0.15) is 35.5 Å². The smallest absolute Gasteiger partial charge is 0.296 e. The van der Waals surface area contributed by atoms with Crippen LogP contribution in [0, 0.1) is 10.1 Å². The van der Waals surface area contributed by atoms with E-state index in [4.69, 9.17) is 9.47 Å². The van der Waals surface area contributed by atoms with Gasteiger partial charge >= 0.3 is 0 Å². The van der Waals surface area contributed by atoms with Crippen molar-refractivity contribution in [3.05, 3.63) is 146 Å². The first kappa shape index (κ1) is 43.4. The predicted molar refractivity (Wildman–Crippen MR) is 223 cm³/mol. The second-order valence-electron chi connectivity index (χ2n) is 12.5. The van der Waals surface area contributed by atoms with Gasteiger partial charge in [0.2, 0.25) is 0 Å². The lowest BCUT2D eigenvalue weighted by atomic mass is 9.91. The molecule has 0 unspecified atom stereocenters. The maximum absolute atomic E-state index is 12.5. The number of ether oxygens (including phenoxy) is 2. The number of nitrogens with one attached hydrogen (secondary N) is 1. The zero-order valence-corrected chi connectivity index (χ0v) is 33.8. The number of nitro groups is 1. The number of azo groups is 1. The average Bonchev–Trinajstić information content (AvgIpc) is 3.21. The zero-order chi connectivity index (χ0) is 44.3. The van der Waals surface area contributed by atoms with Gasteiger partial charge in [0.25, 0.3) is 36.0 Å². The van der Waals surface area contributed by atoms with Crippen LogP contribution in [0.25, 0.3) is 12.2 Å². The SMILES string of the molecule is COc1cc(NN=C2C(S(=O)(=O)O)=CC3=CC(=Nc4ccccc4)C=CC3=C2O)c(OC)cc1N=Nc1ccc(/C=C/c2ccc([N+](=O)[O-])cc2S(=O)(=O)O)c(S(=O)(=O)O)c1. The Kier molecular flexibility index (Phi) is 12.3. The minimum atomic E-state index is -4.95. The lowest BCUT2D eigenvalue weighted by Gasteiger charge is -2.21. The molecule has 0 saturated carbocycles. The first-order chi connectivity index (χ1) is 28.8. The molecule has 0 heterocycles.